The highest BCUT2D eigenvalue weighted by Crippen LogP contribution is 2.12. The molecule has 0 radical (unpaired) electrons. The predicted octanol–water partition coefficient (Wildman–Crippen LogP) is 3.47. The molecule has 1 aromatic heterocycles. The number of pyridine rings is 1. The molecule has 26 heavy (non-hydrogen) atoms. The summed E-state index contributed by atoms with van der Waals surface area (Å²) in [6.45, 7) is 4.11. The number of amides is 1. The van der Waals surface area contributed by atoms with Gasteiger partial charge in [0.05, 0.1) is 0 Å². The van der Waals surface area contributed by atoms with Crippen LogP contribution in [0.4, 0.5) is 4.79 Å². The van der Waals surface area contributed by atoms with Crippen LogP contribution in [0.15, 0.2) is 54.9 Å². The van der Waals surface area contributed by atoms with Gasteiger partial charge in [0.15, 0.2) is 0 Å². The number of esters is 1. The van der Waals surface area contributed by atoms with Crippen molar-refractivity contribution < 1.29 is 19.1 Å². The minimum atomic E-state index is -0.759. The van der Waals surface area contributed by atoms with Crippen LogP contribution >= 0.6 is 0 Å². The fraction of sp³-hybridized carbons (Fsp3) is 0.350. The lowest BCUT2D eigenvalue weighted by molar-refractivity contribution is -0.148. The summed E-state index contributed by atoms with van der Waals surface area (Å²) < 4.78 is 10.5. The number of ether oxygens (including phenoxy) is 2. The first kappa shape index (κ1) is 19.4. The van der Waals surface area contributed by atoms with Gasteiger partial charge in [-0.05, 0) is 29.2 Å². The van der Waals surface area contributed by atoms with Gasteiger partial charge in [0.25, 0.3) is 0 Å². The average Bonchev–Trinajstić information content (AvgIpc) is 2.69. The zero-order valence-electron chi connectivity index (χ0n) is 15.1. The maximum Gasteiger partial charge on any atom is 0.408 e. The number of hydrogen-bond donors (Lipinski definition) is 1. The van der Waals surface area contributed by atoms with E-state index in [4.69, 9.17) is 9.47 Å². The molecule has 6 nitrogen and oxygen atoms in total. The van der Waals surface area contributed by atoms with Crippen molar-refractivity contribution in [3.8, 4) is 0 Å². The second-order valence-corrected chi connectivity index (χ2v) is 6.03. The molecule has 0 aliphatic carbocycles. The Hall–Kier alpha value is -2.89. The van der Waals surface area contributed by atoms with Gasteiger partial charge >= 0.3 is 12.1 Å². The summed E-state index contributed by atoms with van der Waals surface area (Å²) >= 11 is 0. The Bertz CT molecular complexity index is 691. The number of aromatic nitrogens is 1. The molecular formula is C20H24N2O4. The Balaban J connectivity index is 1.89. The van der Waals surface area contributed by atoms with Crippen molar-refractivity contribution in [2.45, 2.75) is 39.5 Å². The van der Waals surface area contributed by atoms with E-state index in [0.29, 0.717) is 6.42 Å². The van der Waals surface area contributed by atoms with Crippen molar-refractivity contribution in [2.24, 2.45) is 5.92 Å². The Morgan fingerprint density at radius 1 is 1.00 bits per heavy atom. The summed E-state index contributed by atoms with van der Waals surface area (Å²) in [6.07, 6.45) is 3.34. The van der Waals surface area contributed by atoms with Crippen LogP contribution < -0.4 is 5.32 Å². The van der Waals surface area contributed by atoms with Crippen LogP contribution in [0.5, 0.6) is 0 Å². The first-order valence-electron chi connectivity index (χ1n) is 8.63. The molecule has 0 fully saturated rings. The molecule has 2 atom stereocenters. The first-order valence-corrected chi connectivity index (χ1v) is 8.63. The smallest absolute Gasteiger partial charge is 0.408 e. The van der Waals surface area contributed by atoms with E-state index < -0.39 is 18.1 Å². The number of benzene rings is 1. The third kappa shape index (κ3) is 6.20. The minimum absolute atomic E-state index is 0.0794. The molecule has 0 spiro atoms. The van der Waals surface area contributed by atoms with Crippen LogP contribution in [0.3, 0.4) is 0 Å². The molecule has 6 heteroatoms. The summed E-state index contributed by atoms with van der Waals surface area (Å²) in [4.78, 5) is 28.4. The predicted molar refractivity (Wildman–Crippen MR) is 97.0 cm³/mol. The Morgan fingerprint density at radius 3 is 2.27 bits per heavy atom. The van der Waals surface area contributed by atoms with Crippen molar-refractivity contribution in [3.63, 3.8) is 0 Å². The zero-order valence-corrected chi connectivity index (χ0v) is 15.1. The SMILES string of the molecule is CC[C@H](C)[C@H](NC(=O)OCc1ccccc1)C(=O)OCc1ccncc1. The molecule has 0 unspecified atom stereocenters. The van der Waals surface area contributed by atoms with E-state index in [2.05, 4.69) is 10.3 Å². The second kappa shape index (κ2) is 10.2. The number of nitrogens with one attached hydrogen (secondary N) is 1. The fourth-order valence-corrected chi connectivity index (χ4v) is 2.28. The summed E-state index contributed by atoms with van der Waals surface area (Å²) in [5, 5.41) is 2.63. The van der Waals surface area contributed by atoms with Crippen LogP contribution in [0, 0.1) is 5.92 Å². The molecule has 1 aromatic carbocycles. The van der Waals surface area contributed by atoms with Crippen LogP contribution in [0.25, 0.3) is 0 Å². The van der Waals surface area contributed by atoms with Crippen LogP contribution in [-0.4, -0.2) is 23.1 Å². The molecular weight excluding hydrogens is 332 g/mol. The maximum absolute atomic E-state index is 12.4. The number of rotatable bonds is 8. The number of hydrogen-bond acceptors (Lipinski definition) is 5. The average molecular weight is 356 g/mol. The molecule has 2 rings (SSSR count). The maximum atomic E-state index is 12.4. The van der Waals surface area contributed by atoms with E-state index in [1.54, 1.807) is 24.5 Å². The van der Waals surface area contributed by atoms with Gasteiger partial charge in [0.1, 0.15) is 19.3 Å². The van der Waals surface area contributed by atoms with E-state index in [1.165, 1.54) is 0 Å². The second-order valence-electron chi connectivity index (χ2n) is 6.03. The zero-order chi connectivity index (χ0) is 18.8. The summed E-state index contributed by atoms with van der Waals surface area (Å²) in [5.41, 5.74) is 1.71. The molecule has 1 N–H and O–H groups in total. The lowest BCUT2D eigenvalue weighted by Crippen LogP contribution is -2.46. The third-order valence-corrected chi connectivity index (χ3v) is 4.08. The highest BCUT2D eigenvalue weighted by molar-refractivity contribution is 5.81. The van der Waals surface area contributed by atoms with Crippen molar-refractivity contribution in [2.75, 3.05) is 0 Å². The van der Waals surface area contributed by atoms with Crippen LogP contribution in [-0.2, 0) is 27.5 Å². The molecule has 1 amide bonds. The molecule has 0 bridgehead atoms. The van der Waals surface area contributed by atoms with Crippen molar-refractivity contribution >= 4 is 12.1 Å². The molecule has 0 aliphatic heterocycles. The van der Waals surface area contributed by atoms with E-state index in [1.807, 2.05) is 44.2 Å². The molecule has 0 aliphatic rings. The number of alkyl carbamates (subject to hydrolysis) is 1. The number of carbonyl (C=O) groups is 2. The molecule has 0 saturated heterocycles. The standard InChI is InChI=1S/C20H24N2O4/c1-3-15(2)18(19(23)25-13-17-9-11-21-12-10-17)22-20(24)26-14-16-7-5-4-6-8-16/h4-12,15,18H,3,13-14H2,1-2H3,(H,22,24)/t15-,18-/m0/s1. The van der Waals surface area contributed by atoms with Crippen molar-refractivity contribution in [1.29, 1.82) is 0 Å². The lowest BCUT2D eigenvalue weighted by atomic mass is 9.99. The monoisotopic (exact) mass is 356 g/mol. The Labute approximate surface area is 153 Å². The molecule has 0 saturated carbocycles. The van der Waals surface area contributed by atoms with Gasteiger partial charge in [-0.25, -0.2) is 9.59 Å². The highest BCUT2D eigenvalue weighted by atomic mass is 16.6. The van der Waals surface area contributed by atoms with Gasteiger partial charge < -0.3 is 14.8 Å². The van der Waals surface area contributed by atoms with E-state index in [-0.39, 0.29) is 19.1 Å². The molecule has 1 heterocycles. The minimum Gasteiger partial charge on any atom is -0.459 e. The van der Waals surface area contributed by atoms with E-state index in [9.17, 15) is 9.59 Å². The Morgan fingerprint density at radius 2 is 1.62 bits per heavy atom. The van der Waals surface area contributed by atoms with Gasteiger partial charge in [-0.2, -0.15) is 0 Å². The van der Waals surface area contributed by atoms with Gasteiger partial charge in [-0.1, -0.05) is 50.6 Å². The highest BCUT2D eigenvalue weighted by Gasteiger charge is 2.28. The van der Waals surface area contributed by atoms with E-state index >= 15 is 0 Å². The lowest BCUT2D eigenvalue weighted by Gasteiger charge is -2.22. The van der Waals surface area contributed by atoms with Crippen LogP contribution in [0.1, 0.15) is 31.4 Å². The number of nitrogens with zero attached hydrogens (tertiary/aromatic N) is 1. The van der Waals surface area contributed by atoms with Gasteiger partial charge in [-0.15, -0.1) is 0 Å². The third-order valence-electron chi connectivity index (χ3n) is 4.08. The first-order chi connectivity index (χ1) is 12.6. The molecule has 2 aromatic rings. The van der Waals surface area contributed by atoms with E-state index in [0.717, 1.165) is 11.1 Å². The van der Waals surface area contributed by atoms with Crippen LogP contribution in [0.2, 0.25) is 0 Å². The van der Waals surface area contributed by atoms with Crippen molar-refractivity contribution in [1.82, 2.24) is 10.3 Å². The van der Waals surface area contributed by atoms with Crippen molar-refractivity contribution in [3.05, 3.63) is 66.0 Å². The summed E-state index contributed by atoms with van der Waals surface area (Å²) in [6, 6.07) is 12.1. The van der Waals surface area contributed by atoms with Gasteiger partial charge in [0.2, 0.25) is 0 Å². The summed E-state index contributed by atoms with van der Waals surface area (Å²) in [7, 11) is 0. The molecule has 138 valence electrons. The number of carbonyl (C=O) groups excluding carboxylic acids is 2. The topological polar surface area (TPSA) is 77.5 Å². The largest absolute Gasteiger partial charge is 0.459 e. The van der Waals surface area contributed by atoms with Gasteiger partial charge in [-0.3, -0.25) is 4.98 Å². The normalized spacial score (nSPS) is 12.7. The summed E-state index contributed by atoms with van der Waals surface area (Å²) in [5.74, 6) is -0.558. The quantitative estimate of drug-likeness (QED) is 0.733. The fourth-order valence-electron chi connectivity index (χ4n) is 2.28. The Kier molecular flexibility index (Phi) is 7.61. The van der Waals surface area contributed by atoms with Gasteiger partial charge in [0, 0.05) is 12.4 Å².